The molecule has 1 saturated heterocycles. The van der Waals surface area contributed by atoms with E-state index in [-0.39, 0.29) is 25.8 Å². The van der Waals surface area contributed by atoms with Crippen LogP contribution in [0.1, 0.15) is 32.1 Å². The van der Waals surface area contributed by atoms with E-state index in [1.807, 2.05) is 0 Å². The van der Waals surface area contributed by atoms with E-state index in [0.29, 0.717) is 6.42 Å². The summed E-state index contributed by atoms with van der Waals surface area (Å²) in [5.41, 5.74) is 10.2. The number of hydrogen-bond acceptors (Lipinski definition) is 7. The molecule has 0 aromatic rings. The Kier molecular flexibility index (Phi) is 8.99. The van der Waals surface area contributed by atoms with Crippen LogP contribution in [0.4, 0.5) is 0 Å². The zero-order chi connectivity index (χ0) is 22.1. The van der Waals surface area contributed by atoms with Gasteiger partial charge in [0.1, 0.15) is 18.1 Å². The monoisotopic (exact) mass is 415 g/mol. The van der Waals surface area contributed by atoms with Gasteiger partial charge in [0.2, 0.25) is 23.6 Å². The molecule has 0 aromatic carbocycles. The van der Waals surface area contributed by atoms with Crippen LogP contribution in [0.3, 0.4) is 0 Å². The van der Waals surface area contributed by atoms with Gasteiger partial charge in [0, 0.05) is 13.0 Å². The number of primary amides is 1. The summed E-state index contributed by atoms with van der Waals surface area (Å²) in [7, 11) is 0. The van der Waals surface area contributed by atoms with E-state index >= 15 is 0 Å². The number of nitrogens with zero attached hydrogens (tertiary/aromatic N) is 1. The maximum absolute atomic E-state index is 12.7. The van der Waals surface area contributed by atoms with Crippen LogP contribution in [0.2, 0.25) is 0 Å². The number of amides is 4. The van der Waals surface area contributed by atoms with Gasteiger partial charge in [0.15, 0.2) is 0 Å². The Bertz CT molecular complexity index is 682. The molecule has 0 radical (unpaired) electrons. The third-order valence-corrected chi connectivity index (χ3v) is 4.33. The standard InChI is InChI=1S/C16H25N5O8/c17-7-12(23)19-9(6-13(24)25)15(27)21-5-1-2-10(21)14(26)20-8(16(28)29)3-4-11(18)22/h8-10H,1-7,17H2,(H2,18,22)(H,19,23)(H,20,26)(H,24,25)(H,28,29). The van der Waals surface area contributed by atoms with E-state index in [4.69, 9.17) is 16.6 Å². The summed E-state index contributed by atoms with van der Waals surface area (Å²) in [5.74, 6) is -5.70. The first-order valence-electron chi connectivity index (χ1n) is 8.90. The summed E-state index contributed by atoms with van der Waals surface area (Å²) >= 11 is 0. The Morgan fingerprint density at radius 3 is 2.24 bits per heavy atom. The SMILES string of the molecule is NCC(=O)NC(CC(=O)O)C(=O)N1CCCC1C(=O)NC(CCC(N)=O)C(=O)O. The third-order valence-electron chi connectivity index (χ3n) is 4.33. The van der Waals surface area contributed by atoms with Crippen LogP contribution in [-0.4, -0.2) is 81.9 Å². The van der Waals surface area contributed by atoms with Crippen LogP contribution in [0.5, 0.6) is 0 Å². The largest absolute Gasteiger partial charge is 0.481 e. The average molecular weight is 415 g/mol. The highest BCUT2D eigenvalue weighted by Gasteiger charge is 2.39. The van der Waals surface area contributed by atoms with Crippen molar-refractivity contribution in [3.8, 4) is 0 Å². The van der Waals surface area contributed by atoms with Gasteiger partial charge >= 0.3 is 11.9 Å². The van der Waals surface area contributed by atoms with Crippen molar-refractivity contribution in [2.45, 2.75) is 50.2 Å². The number of carboxylic acids is 2. The molecular weight excluding hydrogens is 390 g/mol. The summed E-state index contributed by atoms with van der Waals surface area (Å²) in [6.45, 7) is -0.321. The Hall–Kier alpha value is -3.22. The molecule has 162 valence electrons. The molecule has 13 heteroatoms. The smallest absolute Gasteiger partial charge is 0.326 e. The number of nitrogens with one attached hydrogen (secondary N) is 2. The molecule has 0 bridgehead atoms. The fraction of sp³-hybridized carbons (Fsp3) is 0.625. The molecule has 0 aliphatic carbocycles. The summed E-state index contributed by atoms with van der Waals surface area (Å²) in [6.07, 6.45) is -0.523. The molecule has 29 heavy (non-hydrogen) atoms. The maximum atomic E-state index is 12.7. The summed E-state index contributed by atoms with van der Waals surface area (Å²) in [5, 5.41) is 22.7. The lowest BCUT2D eigenvalue weighted by molar-refractivity contribution is -0.147. The Balaban J connectivity index is 2.89. The fourth-order valence-electron chi connectivity index (χ4n) is 2.94. The van der Waals surface area contributed by atoms with Gasteiger partial charge in [-0.2, -0.15) is 0 Å². The van der Waals surface area contributed by atoms with Crippen molar-refractivity contribution in [1.82, 2.24) is 15.5 Å². The van der Waals surface area contributed by atoms with Gasteiger partial charge in [-0.25, -0.2) is 4.79 Å². The zero-order valence-corrected chi connectivity index (χ0v) is 15.6. The molecule has 3 unspecified atom stereocenters. The van der Waals surface area contributed by atoms with Crippen molar-refractivity contribution in [1.29, 1.82) is 0 Å². The van der Waals surface area contributed by atoms with Gasteiger partial charge in [-0.15, -0.1) is 0 Å². The van der Waals surface area contributed by atoms with Crippen molar-refractivity contribution in [2.75, 3.05) is 13.1 Å². The quantitative estimate of drug-likeness (QED) is 0.199. The van der Waals surface area contributed by atoms with E-state index in [9.17, 15) is 33.9 Å². The van der Waals surface area contributed by atoms with Gasteiger partial charge in [-0.1, -0.05) is 0 Å². The van der Waals surface area contributed by atoms with Gasteiger partial charge in [-0.05, 0) is 19.3 Å². The predicted octanol–water partition coefficient (Wildman–Crippen LogP) is -3.27. The van der Waals surface area contributed by atoms with Crippen molar-refractivity contribution >= 4 is 35.6 Å². The zero-order valence-electron chi connectivity index (χ0n) is 15.6. The second-order valence-corrected chi connectivity index (χ2v) is 6.52. The molecule has 1 rings (SSSR count). The van der Waals surface area contributed by atoms with Crippen LogP contribution in [0.25, 0.3) is 0 Å². The van der Waals surface area contributed by atoms with Crippen molar-refractivity contribution in [3.63, 3.8) is 0 Å². The second kappa shape index (κ2) is 10.9. The van der Waals surface area contributed by atoms with Crippen molar-refractivity contribution in [2.24, 2.45) is 11.5 Å². The lowest BCUT2D eigenvalue weighted by atomic mass is 10.1. The van der Waals surface area contributed by atoms with E-state index in [0.717, 1.165) is 4.90 Å². The normalized spacial score (nSPS) is 17.8. The summed E-state index contributed by atoms with van der Waals surface area (Å²) in [6, 6.07) is -3.83. The number of hydrogen-bond donors (Lipinski definition) is 6. The van der Waals surface area contributed by atoms with Gasteiger partial charge < -0.3 is 37.2 Å². The number of carbonyl (C=O) groups is 6. The Labute approximate surface area is 165 Å². The first-order chi connectivity index (χ1) is 13.6. The number of rotatable bonds is 11. The number of aliphatic carboxylic acids is 2. The topological polar surface area (TPSA) is 222 Å². The first-order valence-corrected chi connectivity index (χ1v) is 8.90. The highest BCUT2D eigenvalue weighted by Crippen LogP contribution is 2.20. The summed E-state index contributed by atoms with van der Waals surface area (Å²) < 4.78 is 0. The average Bonchev–Trinajstić information content (AvgIpc) is 3.12. The van der Waals surface area contributed by atoms with E-state index < -0.39 is 66.7 Å². The Morgan fingerprint density at radius 2 is 1.72 bits per heavy atom. The molecule has 1 aliphatic rings. The van der Waals surface area contributed by atoms with Gasteiger partial charge in [0.05, 0.1) is 13.0 Å². The van der Waals surface area contributed by atoms with Gasteiger partial charge in [-0.3, -0.25) is 24.0 Å². The van der Waals surface area contributed by atoms with E-state index in [2.05, 4.69) is 10.6 Å². The molecule has 4 amide bonds. The van der Waals surface area contributed by atoms with Gasteiger partial charge in [0.25, 0.3) is 0 Å². The van der Waals surface area contributed by atoms with Crippen LogP contribution in [0, 0.1) is 0 Å². The minimum Gasteiger partial charge on any atom is -0.481 e. The molecule has 0 spiro atoms. The van der Waals surface area contributed by atoms with Crippen LogP contribution < -0.4 is 22.1 Å². The lowest BCUT2D eigenvalue weighted by Crippen LogP contribution is -2.56. The number of nitrogens with two attached hydrogens (primary N) is 2. The molecule has 1 fully saturated rings. The van der Waals surface area contributed by atoms with Crippen LogP contribution in [-0.2, 0) is 28.8 Å². The number of carbonyl (C=O) groups excluding carboxylic acids is 4. The first kappa shape index (κ1) is 23.8. The number of carboxylic acid groups (broad SMARTS) is 2. The Morgan fingerprint density at radius 1 is 1.07 bits per heavy atom. The lowest BCUT2D eigenvalue weighted by Gasteiger charge is -2.29. The van der Waals surface area contributed by atoms with Crippen LogP contribution >= 0.6 is 0 Å². The van der Waals surface area contributed by atoms with Crippen molar-refractivity contribution < 1.29 is 39.0 Å². The maximum Gasteiger partial charge on any atom is 0.326 e. The molecule has 13 nitrogen and oxygen atoms in total. The predicted molar refractivity (Wildman–Crippen MR) is 96.0 cm³/mol. The van der Waals surface area contributed by atoms with E-state index in [1.165, 1.54) is 0 Å². The fourth-order valence-corrected chi connectivity index (χ4v) is 2.94. The highest BCUT2D eigenvalue weighted by atomic mass is 16.4. The van der Waals surface area contributed by atoms with E-state index in [1.54, 1.807) is 0 Å². The molecular formula is C16H25N5O8. The third kappa shape index (κ3) is 7.37. The molecule has 0 saturated carbocycles. The van der Waals surface area contributed by atoms with Crippen molar-refractivity contribution in [3.05, 3.63) is 0 Å². The molecule has 1 aliphatic heterocycles. The molecule has 1 heterocycles. The minimum atomic E-state index is -1.41. The molecule has 8 N–H and O–H groups in total. The highest BCUT2D eigenvalue weighted by molar-refractivity contribution is 5.95. The van der Waals surface area contributed by atoms with Crippen LogP contribution in [0.15, 0.2) is 0 Å². The molecule has 0 aromatic heterocycles. The second-order valence-electron chi connectivity index (χ2n) is 6.52. The minimum absolute atomic E-state index is 0.130. The number of likely N-dealkylation sites (tertiary alicyclic amines) is 1. The summed E-state index contributed by atoms with van der Waals surface area (Å²) in [4.78, 5) is 71.0. The molecule has 3 atom stereocenters.